The van der Waals surface area contributed by atoms with Crippen LogP contribution < -0.4 is 0 Å². The van der Waals surface area contributed by atoms with Gasteiger partial charge in [0.25, 0.3) is 0 Å². The number of terminal acetylenes is 1. The largest absolute Gasteiger partial charge is 0.115 e. The average molecular weight is 212 g/mol. The fourth-order valence-electron chi connectivity index (χ4n) is 1.60. The second kappa shape index (κ2) is 7.77. The molecule has 0 heteroatoms. The maximum atomic E-state index is 5.30. The lowest BCUT2D eigenvalue weighted by Gasteiger charge is -1.96. The molecule has 0 radical (unpaired) electrons. The third kappa shape index (κ3) is 4.84. The highest BCUT2D eigenvalue weighted by Crippen LogP contribution is 2.08. The van der Waals surface area contributed by atoms with Gasteiger partial charge in [0.15, 0.2) is 0 Å². The summed E-state index contributed by atoms with van der Waals surface area (Å²) < 4.78 is 0. The minimum Gasteiger partial charge on any atom is -0.115 e. The van der Waals surface area contributed by atoms with Gasteiger partial charge in [-0.25, -0.2) is 0 Å². The van der Waals surface area contributed by atoms with Crippen molar-refractivity contribution in [1.29, 1.82) is 0 Å². The van der Waals surface area contributed by atoms with Gasteiger partial charge in [0.1, 0.15) is 0 Å². The Labute approximate surface area is 99.4 Å². The molecule has 0 saturated heterocycles. The number of allylic oxidation sites excluding steroid dienone is 1. The molecule has 0 fully saturated rings. The number of benzene rings is 1. The van der Waals surface area contributed by atoms with Crippen molar-refractivity contribution in [2.45, 2.75) is 39.0 Å². The predicted octanol–water partition coefficient (Wildman–Crippen LogP) is 4.65. The molecule has 0 amide bonds. The molecule has 0 aliphatic heterocycles. The lowest BCUT2D eigenvalue weighted by atomic mass is 10.1. The minimum absolute atomic E-state index is 0.945. The molecule has 1 rings (SSSR count). The number of hydrogen-bond donors (Lipinski definition) is 0. The molecule has 84 valence electrons. The first kappa shape index (κ1) is 12.6. The molecular weight excluding hydrogens is 192 g/mol. The highest BCUT2D eigenvalue weighted by molar-refractivity contribution is 5.51. The first-order valence-corrected chi connectivity index (χ1v) is 6.10. The van der Waals surface area contributed by atoms with Crippen molar-refractivity contribution in [3.8, 4) is 12.3 Å². The monoisotopic (exact) mass is 212 g/mol. The SMILES string of the molecule is C#Cc1ccc(/C=C/CCCCCC)cc1. The lowest BCUT2D eigenvalue weighted by Crippen LogP contribution is -1.76. The van der Waals surface area contributed by atoms with Gasteiger partial charge in [-0.1, -0.05) is 56.4 Å². The first-order valence-electron chi connectivity index (χ1n) is 6.10. The van der Waals surface area contributed by atoms with Crippen molar-refractivity contribution in [2.24, 2.45) is 0 Å². The van der Waals surface area contributed by atoms with E-state index in [2.05, 4.69) is 37.1 Å². The van der Waals surface area contributed by atoms with Crippen LogP contribution in [-0.2, 0) is 0 Å². The summed E-state index contributed by atoms with van der Waals surface area (Å²) in [6.07, 6.45) is 16.2. The molecule has 0 N–H and O–H groups in total. The van der Waals surface area contributed by atoms with E-state index >= 15 is 0 Å². The molecule has 0 aromatic heterocycles. The van der Waals surface area contributed by atoms with Crippen LogP contribution in [0.25, 0.3) is 6.08 Å². The van der Waals surface area contributed by atoms with Gasteiger partial charge in [-0.2, -0.15) is 0 Å². The summed E-state index contributed by atoms with van der Waals surface area (Å²) in [5.74, 6) is 2.62. The van der Waals surface area contributed by atoms with Crippen molar-refractivity contribution in [1.82, 2.24) is 0 Å². The zero-order chi connectivity index (χ0) is 11.6. The quantitative estimate of drug-likeness (QED) is 0.475. The molecule has 0 spiro atoms. The van der Waals surface area contributed by atoms with Gasteiger partial charge in [-0.05, 0) is 30.5 Å². The maximum Gasteiger partial charge on any atom is 0.0243 e. The van der Waals surface area contributed by atoms with Crippen molar-refractivity contribution in [3.63, 3.8) is 0 Å². The van der Waals surface area contributed by atoms with Crippen molar-refractivity contribution >= 4 is 6.08 Å². The Morgan fingerprint density at radius 3 is 2.50 bits per heavy atom. The maximum absolute atomic E-state index is 5.30. The summed E-state index contributed by atoms with van der Waals surface area (Å²) in [6.45, 7) is 2.24. The van der Waals surface area contributed by atoms with E-state index in [1.807, 2.05) is 12.1 Å². The van der Waals surface area contributed by atoms with Crippen molar-refractivity contribution in [2.75, 3.05) is 0 Å². The van der Waals surface area contributed by atoms with Gasteiger partial charge in [0.2, 0.25) is 0 Å². The van der Waals surface area contributed by atoms with Gasteiger partial charge in [-0.15, -0.1) is 6.42 Å². The molecule has 0 heterocycles. The van der Waals surface area contributed by atoms with E-state index in [0.717, 1.165) is 5.56 Å². The highest BCUT2D eigenvalue weighted by atomic mass is 13.9. The molecule has 1 aromatic carbocycles. The van der Waals surface area contributed by atoms with Gasteiger partial charge >= 0.3 is 0 Å². The van der Waals surface area contributed by atoms with E-state index in [1.165, 1.54) is 37.7 Å². The van der Waals surface area contributed by atoms with Crippen molar-refractivity contribution in [3.05, 3.63) is 41.5 Å². The first-order chi connectivity index (χ1) is 7.86. The Morgan fingerprint density at radius 2 is 1.88 bits per heavy atom. The van der Waals surface area contributed by atoms with E-state index in [0.29, 0.717) is 0 Å². The van der Waals surface area contributed by atoms with Crippen molar-refractivity contribution < 1.29 is 0 Å². The summed E-state index contributed by atoms with van der Waals surface area (Å²) in [4.78, 5) is 0. The zero-order valence-corrected chi connectivity index (χ0v) is 10.1. The van der Waals surface area contributed by atoms with Crippen LogP contribution in [0.3, 0.4) is 0 Å². The number of hydrogen-bond acceptors (Lipinski definition) is 0. The molecule has 0 nitrogen and oxygen atoms in total. The van der Waals surface area contributed by atoms with Gasteiger partial charge < -0.3 is 0 Å². The second-order valence-electron chi connectivity index (χ2n) is 4.02. The molecular formula is C16H20. The zero-order valence-electron chi connectivity index (χ0n) is 10.1. The van der Waals surface area contributed by atoms with E-state index in [1.54, 1.807) is 0 Å². The number of unbranched alkanes of at least 4 members (excludes halogenated alkanes) is 4. The van der Waals surface area contributed by atoms with Crippen LogP contribution in [0, 0.1) is 12.3 Å². The van der Waals surface area contributed by atoms with Gasteiger partial charge in [0, 0.05) is 5.56 Å². The molecule has 0 bridgehead atoms. The highest BCUT2D eigenvalue weighted by Gasteiger charge is 1.88. The molecule has 0 aliphatic carbocycles. The summed E-state index contributed by atoms with van der Waals surface area (Å²) >= 11 is 0. The molecule has 0 unspecified atom stereocenters. The van der Waals surface area contributed by atoms with Gasteiger partial charge in [-0.3, -0.25) is 0 Å². The van der Waals surface area contributed by atoms with Crippen LogP contribution in [0.2, 0.25) is 0 Å². The molecule has 0 atom stereocenters. The van der Waals surface area contributed by atoms with Crippen LogP contribution in [0.4, 0.5) is 0 Å². The normalized spacial score (nSPS) is 10.5. The van der Waals surface area contributed by atoms with E-state index in [4.69, 9.17) is 6.42 Å². The summed E-state index contributed by atoms with van der Waals surface area (Å²) in [5.41, 5.74) is 2.18. The fourth-order valence-corrected chi connectivity index (χ4v) is 1.60. The Bertz CT molecular complexity index is 349. The third-order valence-electron chi connectivity index (χ3n) is 2.61. The third-order valence-corrected chi connectivity index (χ3v) is 2.61. The smallest absolute Gasteiger partial charge is 0.0243 e. The van der Waals surface area contributed by atoms with E-state index in [-0.39, 0.29) is 0 Å². The Morgan fingerprint density at radius 1 is 1.12 bits per heavy atom. The molecule has 0 aliphatic rings. The molecule has 1 aromatic rings. The Balaban J connectivity index is 2.30. The van der Waals surface area contributed by atoms with E-state index < -0.39 is 0 Å². The Kier molecular flexibility index (Phi) is 6.11. The molecule has 0 saturated carbocycles. The average Bonchev–Trinajstić information content (AvgIpc) is 2.34. The predicted molar refractivity (Wildman–Crippen MR) is 72.2 cm³/mol. The van der Waals surface area contributed by atoms with E-state index in [9.17, 15) is 0 Å². The summed E-state index contributed by atoms with van der Waals surface area (Å²) in [7, 11) is 0. The molecule has 16 heavy (non-hydrogen) atoms. The Hall–Kier alpha value is -1.48. The van der Waals surface area contributed by atoms with Crippen LogP contribution in [0.15, 0.2) is 30.3 Å². The van der Waals surface area contributed by atoms with Gasteiger partial charge in [0.05, 0.1) is 0 Å². The van der Waals surface area contributed by atoms with Crippen LogP contribution in [-0.4, -0.2) is 0 Å². The minimum atomic E-state index is 0.945. The topological polar surface area (TPSA) is 0 Å². The fraction of sp³-hybridized carbons (Fsp3) is 0.375. The second-order valence-corrected chi connectivity index (χ2v) is 4.02. The van der Waals surface area contributed by atoms with Crippen LogP contribution >= 0.6 is 0 Å². The standard InChI is InChI=1S/C16H20/c1-3-5-6-7-8-9-10-16-13-11-15(4-2)12-14-16/h2,9-14H,3,5-8H2,1H3/b10-9+. The van der Waals surface area contributed by atoms with Crippen LogP contribution in [0.5, 0.6) is 0 Å². The number of rotatable bonds is 6. The summed E-state index contributed by atoms with van der Waals surface area (Å²) in [5, 5.41) is 0. The van der Waals surface area contributed by atoms with Crippen LogP contribution in [0.1, 0.15) is 50.2 Å². The summed E-state index contributed by atoms with van der Waals surface area (Å²) in [6, 6.07) is 8.10. The lowest BCUT2D eigenvalue weighted by molar-refractivity contribution is 0.675.